The van der Waals surface area contributed by atoms with E-state index in [2.05, 4.69) is 38.0 Å². The van der Waals surface area contributed by atoms with Gasteiger partial charge in [-0.2, -0.15) is 0 Å². The third-order valence-electron chi connectivity index (χ3n) is 2.34. The first-order valence-electron chi connectivity index (χ1n) is 5.57. The van der Waals surface area contributed by atoms with E-state index in [9.17, 15) is 4.79 Å². The van der Waals surface area contributed by atoms with Gasteiger partial charge in [0.25, 0.3) is 0 Å². The van der Waals surface area contributed by atoms with Gasteiger partial charge >= 0.3 is 0 Å². The molecule has 1 amide bonds. The number of hydrogen-bond acceptors (Lipinski definition) is 4. The van der Waals surface area contributed by atoms with Gasteiger partial charge in [0.2, 0.25) is 5.91 Å². The van der Waals surface area contributed by atoms with E-state index in [4.69, 9.17) is 5.84 Å². The van der Waals surface area contributed by atoms with Gasteiger partial charge < -0.3 is 4.57 Å². The van der Waals surface area contributed by atoms with E-state index >= 15 is 0 Å². The van der Waals surface area contributed by atoms with Crippen LogP contribution in [0.25, 0.3) is 0 Å². The van der Waals surface area contributed by atoms with Gasteiger partial charge in [0.05, 0.1) is 31.2 Å². The zero-order valence-electron chi connectivity index (χ0n) is 10.6. The van der Waals surface area contributed by atoms with Crippen LogP contribution in [0.5, 0.6) is 0 Å². The Bertz CT molecular complexity index is 504. The molecule has 0 atom stereocenters. The van der Waals surface area contributed by atoms with Crippen LogP contribution in [0.3, 0.4) is 0 Å². The Balaban J connectivity index is 2.44. The van der Waals surface area contributed by atoms with E-state index in [1.807, 2.05) is 21.8 Å². The Morgan fingerprint density at radius 3 is 3.05 bits per heavy atom. The summed E-state index contributed by atoms with van der Waals surface area (Å²) in [5.74, 6) is 4.81. The molecule has 1 rings (SSSR count). The Kier molecular flexibility index (Phi) is 7.04. The molecule has 0 bridgehead atoms. The molecule has 1 aromatic rings. The molecule has 0 unspecified atom stereocenters. The smallest absolute Gasteiger partial charge is 0.238 e. The summed E-state index contributed by atoms with van der Waals surface area (Å²) in [6, 6.07) is 0. The van der Waals surface area contributed by atoms with Gasteiger partial charge in [-0.15, -0.1) is 0 Å². The molecule has 0 fully saturated rings. The molecule has 1 heterocycles. The first kappa shape index (κ1) is 15.6. The van der Waals surface area contributed by atoms with Gasteiger partial charge in [0.15, 0.2) is 0 Å². The molecule has 0 spiro atoms. The zero-order valence-corrected chi connectivity index (χ0v) is 12.7. The summed E-state index contributed by atoms with van der Waals surface area (Å²) < 4.78 is 3.75. The number of carbonyl (C=O) groups excluding carboxylic acids is 1. The van der Waals surface area contributed by atoms with Crippen LogP contribution in [0.2, 0.25) is 0 Å². The summed E-state index contributed by atoms with van der Waals surface area (Å²) in [7, 11) is 1.93. The summed E-state index contributed by atoms with van der Waals surface area (Å²) in [4.78, 5) is 19.4. The molecule has 6 nitrogen and oxygen atoms in total. The minimum Gasteiger partial charge on any atom is -0.336 e. The number of hydrazine groups is 1. The van der Waals surface area contributed by atoms with Crippen molar-refractivity contribution in [2.75, 3.05) is 0 Å². The fourth-order valence-electron chi connectivity index (χ4n) is 1.28. The second-order valence-corrected chi connectivity index (χ2v) is 4.40. The molecule has 0 saturated carbocycles. The number of carbonyl (C=O) groups is 1. The van der Waals surface area contributed by atoms with Crippen molar-refractivity contribution < 1.29 is 4.79 Å². The number of nitrogens with zero attached hydrogens (tertiary/aromatic N) is 3. The number of nitrogens with one attached hydrogen (secondary N) is 1. The van der Waals surface area contributed by atoms with Crippen LogP contribution in [-0.2, 0) is 18.4 Å². The van der Waals surface area contributed by atoms with Crippen LogP contribution in [0.4, 0.5) is 0 Å². The van der Waals surface area contributed by atoms with Gasteiger partial charge in [-0.25, -0.2) is 10.8 Å². The Hall–Kier alpha value is -1.48. The third kappa shape index (κ3) is 5.79. The lowest BCUT2D eigenvalue weighted by molar-refractivity contribution is -0.120. The van der Waals surface area contributed by atoms with Crippen molar-refractivity contribution >= 4 is 34.7 Å². The zero-order chi connectivity index (χ0) is 14.1. The highest BCUT2D eigenvalue weighted by atomic mass is 127. The highest BCUT2D eigenvalue weighted by molar-refractivity contribution is 14.1. The number of amides is 1. The lowest BCUT2D eigenvalue weighted by atomic mass is 10.2. The number of nitrogens with two attached hydrogens (primary N) is 1. The minimum absolute atomic E-state index is 0.223. The minimum atomic E-state index is -0.223. The molecule has 0 saturated heterocycles. The molecule has 0 radical (unpaired) electrons. The summed E-state index contributed by atoms with van der Waals surface area (Å²) in [5, 5.41) is 0. The van der Waals surface area contributed by atoms with Crippen LogP contribution in [0, 0.1) is 0 Å². The molecule has 0 aromatic carbocycles. The van der Waals surface area contributed by atoms with E-state index in [0.29, 0.717) is 6.54 Å². The van der Waals surface area contributed by atoms with Crippen LogP contribution < -0.4 is 11.3 Å². The van der Waals surface area contributed by atoms with Crippen molar-refractivity contribution in [1.82, 2.24) is 15.0 Å². The van der Waals surface area contributed by atoms with Gasteiger partial charge in [0, 0.05) is 13.3 Å². The quantitative estimate of drug-likeness (QED) is 0.197. The van der Waals surface area contributed by atoms with Crippen LogP contribution >= 0.6 is 22.6 Å². The average Bonchev–Trinajstić information content (AvgIpc) is 2.82. The Morgan fingerprint density at radius 1 is 1.68 bits per heavy atom. The summed E-state index contributed by atoms with van der Waals surface area (Å²) in [6.07, 6.45) is 9.10. The van der Waals surface area contributed by atoms with E-state index in [0.717, 1.165) is 11.3 Å². The lowest BCUT2D eigenvalue weighted by Gasteiger charge is -1.98. The number of halogens is 1. The molecule has 3 N–H and O–H groups in total. The molecule has 102 valence electrons. The predicted octanol–water partition coefficient (Wildman–Crippen LogP) is 1.25. The van der Waals surface area contributed by atoms with Crippen molar-refractivity contribution in [3.8, 4) is 0 Å². The maximum Gasteiger partial charge on any atom is 0.238 e. The predicted molar refractivity (Wildman–Crippen MR) is 83.6 cm³/mol. The first-order valence-corrected chi connectivity index (χ1v) is 6.82. The standard InChI is InChI=1S/C12H16IN5O/c1-18-9-16-8-11(18)7-15-4-2-3-10(6-13)5-12(19)17-14/h2-4,6,8-9H,5,7,14H2,1H3,(H,17,19)/b3-2-,10-6+,15-4+. The summed E-state index contributed by atoms with van der Waals surface area (Å²) >= 11 is 2.08. The molecule has 0 aliphatic carbocycles. The summed E-state index contributed by atoms with van der Waals surface area (Å²) in [6.45, 7) is 0.577. The van der Waals surface area contributed by atoms with Gasteiger partial charge in [-0.3, -0.25) is 15.2 Å². The third-order valence-corrected chi connectivity index (χ3v) is 3.14. The first-order chi connectivity index (χ1) is 9.17. The number of rotatable bonds is 6. The van der Waals surface area contributed by atoms with Crippen molar-refractivity contribution in [1.29, 1.82) is 0 Å². The number of aryl methyl sites for hydroxylation is 1. The van der Waals surface area contributed by atoms with Crippen molar-refractivity contribution in [3.63, 3.8) is 0 Å². The van der Waals surface area contributed by atoms with E-state index in [1.165, 1.54) is 0 Å². The molecule has 0 aliphatic rings. The van der Waals surface area contributed by atoms with Gasteiger partial charge in [-0.05, 0) is 15.7 Å². The summed E-state index contributed by atoms with van der Waals surface area (Å²) in [5.41, 5.74) is 4.01. The fourth-order valence-corrected chi connectivity index (χ4v) is 1.71. The van der Waals surface area contributed by atoms with Gasteiger partial charge in [0.1, 0.15) is 0 Å². The number of aromatic nitrogens is 2. The van der Waals surface area contributed by atoms with E-state index in [-0.39, 0.29) is 12.3 Å². The Labute approximate surface area is 125 Å². The number of imidazole rings is 1. The van der Waals surface area contributed by atoms with E-state index in [1.54, 1.807) is 24.8 Å². The van der Waals surface area contributed by atoms with Crippen LogP contribution in [0.1, 0.15) is 12.1 Å². The van der Waals surface area contributed by atoms with E-state index < -0.39 is 0 Å². The SMILES string of the molecule is Cn1cncc1C/N=C/C=C\C(=C/I)CC(=O)NN. The number of allylic oxidation sites excluding steroid dienone is 2. The second-order valence-electron chi connectivity index (χ2n) is 3.77. The maximum absolute atomic E-state index is 11.1. The molecule has 7 heteroatoms. The second kappa shape index (κ2) is 8.59. The van der Waals surface area contributed by atoms with Crippen LogP contribution in [-0.4, -0.2) is 21.7 Å². The van der Waals surface area contributed by atoms with Crippen molar-refractivity contribution in [2.24, 2.45) is 17.9 Å². The molecule has 19 heavy (non-hydrogen) atoms. The molecule has 0 aliphatic heterocycles. The molecule has 1 aromatic heterocycles. The topological polar surface area (TPSA) is 85.3 Å². The Morgan fingerprint density at radius 2 is 2.47 bits per heavy atom. The average molecular weight is 373 g/mol. The van der Waals surface area contributed by atoms with Crippen molar-refractivity contribution in [2.45, 2.75) is 13.0 Å². The highest BCUT2D eigenvalue weighted by Crippen LogP contribution is 2.06. The molecular formula is C12H16IN5O. The molecular weight excluding hydrogens is 357 g/mol. The fraction of sp³-hybridized carbons (Fsp3) is 0.250. The maximum atomic E-state index is 11.1. The number of aliphatic imine (C=N–C) groups is 1. The number of hydrogen-bond donors (Lipinski definition) is 2. The highest BCUT2D eigenvalue weighted by Gasteiger charge is 1.99. The lowest BCUT2D eigenvalue weighted by Crippen LogP contribution is -2.29. The normalized spacial score (nSPS) is 12.5. The monoisotopic (exact) mass is 373 g/mol. The van der Waals surface area contributed by atoms with Crippen LogP contribution in [0.15, 0.2) is 39.3 Å². The van der Waals surface area contributed by atoms with Crippen molar-refractivity contribution in [3.05, 3.63) is 40.0 Å². The largest absolute Gasteiger partial charge is 0.336 e. The van der Waals surface area contributed by atoms with Gasteiger partial charge in [-0.1, -0.05) is 28.7 Å².